The summed E-state index contributed by atoms with van der Waals surface area (Å²) in [6, 6.07) is 0.934. The lowest BCUT2D eigenvalue weighted by Gasteiger charge is -2.00. The van der Waals surface area contributed by atoms with Crippen LogP contribution in [-0.2, 0) is 0 Å². The van der Waals surface area contributed by atoms with Crippen molar-refractivity contribution in [3.05, 3.63) is 26.3 Å². The Morgan fingerprint density at radius 1 is 1.07 bits per heavy atom. The number of hydrogen-bond acceptors (Lipinski definition) is 7. The van der Waals surface area contributed by atoms with Crippen molar-refractivity contribution in [2.24, 2.45) is 0 Å². The predicted octanol–water partition coefficient (Wildman–Crippen LogP) is 0.0624. The van der Waals surface area contributed by atoms with Crippen molar-refractivity contribution in [2.75, 3.05) is 11.5 Å². The van der Waals surface area contributed by atoms with E-state index in [-0.39, 0.29) is 11.4 Å². The van der Waals surface area contributed by atoms with Gasteiger partial charge in [-0.3, -0.25) is 0 Å². The van der Waals surface area contributed by atoms with Gasteiger partial charge in [-0.05, 0) is 9.85 Å². The Balaban J connectivity index is 3.42. The summed E-state index contributed by atoms with van der Waals surface area (Å²) in [7, 11) is 0. The van der Waals surface area contributed by atoms with Crippen LogP contribution in [0.5, 0.6) is 0 Å². The van der Waals surface area contributed by atoms with Crippen molar-refractivity contribution < 1.29 is 9.85 Å². The number of nitrogens with zero attached hydrogens (tertiary/aromatic N) is 3. The van der Waals surface area contributed by atoms with E-state index >= 15 is 0 Å². The van der Waals surface area contributed by atoms with E-state index in [4.69, 9.17) is 11.5 Å². The third-order valence-electron chi connectivity index (χ3n) is 1.39. The first-order valence-electron chi connectivity index (χ1n) is 3.28. The average Bonchev–Trinajstić information content (AvgIpc) is 2.02. The van der Waals surface area contributed by atoms with Crippen LogP contribution in [0.2, 0.25) is 0 Å². The van der Waals surface area contributed by atoms with Crippen molar-refractivity contribution in [3.63, 3.8) is 0 Å². The highest BCUT2D eigenvalue weighted by atomic mass is 16.6. The lowest BCUT2D eigenvalue weighted by Crippen LogP contribution is -2.05. The second-order valence-electron chi connectivity index (χ2n) is 2.33. The number of aromatic nitrogens is 1. The molecule has 9 heteroatoms. The highest BCUT2D eigenvalue weighted by molar-refractivity contribution is 5.67. The molecular formula is C5H5N5O4. The lowest BCUT2D eigenvalue weighted by atomic mass is 10.3. The third-order valence-corrected chi connectivity index (χ3v) is 1.39. The summed E-state index contributed by atoms with van der Waals surface area (Å²) in [6.45, 7) is 0. The van der Waals surface area contributed by atoms with E-state index in [1.54, 1.807) is 0 Å². The van der Waals surface area contributed by atoms with E-state index in [2.05, 4.69) is 4.98 Å². The molecule has 1 rings (SSSR count). The molecule has 0 amide bonds. The maximum absolute atomic E-state index is 10.3. The summed E-state index contributed by atoms with van der Waals surface area (Å²) in [6.07, 6.45) is 0. The van der Waals surface area contributed by atoms with E-state index in [9.17, 15) is 20.2 Å². The van der Waals surface area contributed by atoms with Crippen LogP contribution in [0.25, 0.3) is 0 Å². The minimum Gasteiger partial charge on any atom is -0.392 e. The van der Waals surface area contributed by atoms with Gasteiger partial charge in [0.05, 0.1) is 0 Å². The van der Waals surface area contributed by atoms with Crippen LogP contribution in [-0.4, -0.2) is 14.8 Å². The quantitative estimate of drug-likeness (QED) is 0.504. The van der Waals surface area contributed by atoms with Gasteiger partial charge in [-0.1, -0.05) is 0 Å². The molecule has 9 nitrogen and oxygen atoms in total. The summed E-state index contributed by atoms with van der Waals surface area (Å²) in [5.74, 6) is -1.54. The number of pyridine rings is 1. The highest BCUT2D eigenvalue weighted by Gasteiger charge is 2.22. The van der Waals surface area contributed by atoms with Crippen LogP contribution in [0, 0.1) is 20.2 Å². The van der Waals surface area contributed by atoms with E-state index in [0.29, 0.717) is 0 Å². The van der Waals surface area contributed by atoms with E-state index in [1.165, 1.54) is 0 Å². The van der Waals surface area contributed by atoms with Gasteiger partial charge in [0.1, 0.15) is 11.4 Å². The molecule has 0 saturated carbocycles. The molecular weight excluding hydrogens is 194 g/mol. The molecule has 0 aliphatic heterocycles. The SMILES string of the molecule is Nc1cc(N)c([N+](=O)[O-])nc1[N+](=O)[O-]. The molecule has 74 valence electrons. The molecule has 1 aromatic heterocycles. The number of nitrogen functional groups attached to an aromatic ring is 2. The fourth-order valence-corrected chi connectivity index (χ4v) is 0.819. The van der Waals surface area contributed by atoms with Crippen LogP contribution in [0.1, 0.15) is 0 Å². The number of anilines is 2. The molecule has 0 bridgehead atoms. The average molecular weight is 199 g/mol. The number of rotatable bonds is 2. The van der Waals surface area contributed by atoms with Crippen molar-refractivity contribution >= 4 is 23.0 Å². The lowest BCUT2D eigenvalue weighted by molar-refractivity contribution is -0.401. The van der Waals surface area contributed by atoms with E-state index in [1.807, 2.05) is 0 Å². The van der Waals surface area contributed by atoms with Gasteiger partial charge >= 0.3 is 11.6 Å². The molecule has 0 unspecified atom stereocenters. The van der Waals surface area contributed by atoms with Crippen LogP contribution < -0.4 is 11.5 Å². The molecule has 0 aliphatic rings. The second kappa shape index (κ2) is 3.12. The van der Waals surface area contributed by atoms with Gasteiger partial charge in [-0.15, -0.1) is 0 Å². The van der Waals surface area contributed by atoms with Crippen molar-refractivity contribution in [1.82, 2.24) is 4.98 Å². The Morgan fingerprint density at radius 2 is 1.43 bits per heavy atom. The van der Waals surface area contributed by atoms with Crippen LogP contribution in [0.3, 0.4) is 0 Å². The van der Waals surface area contributed by atoms with Gasteiger partial charge in [0.15, 0.2) is 0 Å². The maximum atomic E-state index is 10.3. The first kappa shape index (κ1) is 9.64. The van der Waals surface area contributed by atoms with Gasteiger partial charge in [0.2, 0.25) is 0 Å². The summed E-state index contributed by atoms with van der Waals surface area (Å²) in [5.41, 5.74) is 9.75. The predicted molar refractivity (Wildman–Crippen MR) is 46.4 cm³/mol. The molecule has 0 aliphatic carbocycles. The minimum absolute atomic E-state index is 0.307. The summed E-state index contributed by atoms with van der Waals surface area (Å²) < 4.78 is 0. The molecule has 1 aromatic rings. The fraction of sp³-hybridized carbons (Fsp3) is 0. The molecule has 14 heavy (non-hydrogen) atoms. The Labute approximate surface area is 76.6 Å². The standard InChI is InChI=1S/C5H5N5O4/c6-2-1-3(7)5(10(13)14)8-4(2)9(11)12/h1H,6-7H2. The van der Waals surface area contributed by atoms with E-state index < -0.39 is 21.5 Å². The number of nitro groups is 2. The first-order valence-corrected chi connectivity index (χ1v) is 3.28. The third kappa shape index (κ3) is 1.50. The number of hydrogen-bond donors (Lipinski definition) is 2. The van der Waals surface area contributed by atoms with Gasteiger partial charge in [0.25, 0.3) is 0 Å². The van der Waals surface area contributed by atoms with Crippen molar-refractivity contribution in [1.29, 1.82) is 0 Å². The van der Waals surface area contributed by atoms with Crippen LogP contribution in [0.15, 0.2) is 6.07 Å². The Morgan fingerprint density at radius 3 is 1.71 bits per heavy atom. The molecule has 4 N–H and O–H groups in total. The maximum Gasteiger partial charge on any atom is 0.391 e. The molecule has 1 heterocycles. The van der Waals surface area contributed by atoms with Gasteiger partial charge in [0, 0.05) is 11.1 Å². The van der Waals surface area contributed by atoms with Gasteiger partial charge in [-0.2, -0.15) is 0 Å². The molecule has 0 saturated heterocycles. The summed E-state index contributed by atoms with van der Waals surface area (Å²) in [5, 5.41) is 20.6. The monoisotopic (exact) mass is 199 g/mol. The zero-order valence-electron chi connectivity index (χ0n) is 6.71. The Hall–Kier alpha value is -2.45. The van der Waals surface area contributed by atoms with E-state index in [0.717, 1.165) is 6.07 Å². The molecule has 0 spiro atoms. The zero-order chi connectivity index (χ0) is 10.9. The van der Waals surface area contributed by atoms with Gasteiger partial charge in [-0.25, -0.2) is 0 Å². The summed E-state index contributed by atoms with van der Waals surface area (Å²) in [4.78, 5) is 21.9. The largest absolute Gasteiger partial charge is 0.392 e. The van der Waals surface area contributed by atoms with Crippen molar-refractivity contribution in [2.45, 2.75) is 0 Å². The zero-order valence-corrected chi connectivity index (χ0v) is 6.71. The smallest absolute Gasteiger partial charge is 0.391 e. The van der Waals surface area contributed by atoms with Crippen molar-refractivity contribution in [3.8, 4) is 0 Å². The highest BCUT2D eigenvalue weighted by Crippen LogP contribution is 2.27. The van der Waals surface area contributed by atoms with Crippen LogP contribution in [0.4, 0.5) is 23.0 Å². The number of nitrogens with two attached hydrogens (primary N) is 2. The van der Waals surface area contributed by atoms with Crippen LogP contribution >= 0.6 is 0 Å². The Bertz CT molecular complexity index is 382. The molecule has 0 aromatic carbocycles. The summed E-state index contributed by atoms with van der Waals surface area (Å²) >= 11 is 0. The normalized spacial score (nSPS) is 9.71. The Kier molecular flexibility index (Phi) is 2.15. The fourth-order valence-electron chi connectivity index (χ4n) is 0.819. The molecule has 0 atom stereocenters. The topological polar surface area (TPSA) is 151 Å². The molecule has 0 fully saturated rings. The van der Waals surface area contributed by atoms with Gasteiger partial charge < -0.3 is 31.7 Å². The first-order chi connectivity index (χ1) is 6.43. The minimum atomic E-state index is -0.915. The molecule has 0 radical (unpaired) electrons. The second-order valence-corrected chi connectivity index (χ2v) is 2.33.